The van der Waals surface area contributed by atoms with Gasteiger partial charge in [0.15, 0.2) is 0 Å². The Morgan fingerprint density at radius 2 is 2.24 bits per heavy atom. The summed E-state index contributed by atoms with van der Waals surface area (Å²) >= 11 is 0. The van der Waals surface area contributed by atoms with Crippen LogP contribution in [0.25, 0.3) is 0 Å². The standard InChI is InChI=1S/C13H27N3O/c1-4-16-7-5-6-11(9-16)15-13(17)8-12(14)10(2)3/h10-12H,4-9,14H2,1-3H3,(H,15,17). The Bertz CT molecular complexity index is 243. The van der Waals surface area contributed by atoms with Crippen LogP contribution in [0.5, 0.6) is 0 Å². The molecule has 2 atom stereocenters. The van der Waals surface area contributed by atoms with Crippen LogP contribution in [0.1, 0.15) is 40.0 Å². The number of nitrogens with zero attached hydrogens (tertiary/aromatic N) is 1. The van der Waals surface area contributed by atoms with Gasteiger partial charge in [-0.3, -0.25) is 4.79 Å². The summed E-state index contributed by atoms with van der Waals surface area (Å²) in [6, 6.07) is 0.288. The van der Waals surface area contributed by atoms with Crippen LogP contribution in [0.4, 0.5) is 0 Å². The fourth-order valence-electron chi connectivity index (χ4n) is 2.20. The number of rotatable bonds is 5. The molecule has 0 aliphatic carbocycles. The minimum Gasteiger partial charge on any atom is -0.352 e. The van der Waals surface area contributed by atoms with Gasteiger partial charge in [-0.15, -0.1) is 0 Å². The lowest BCUT2D eigenvalue weighted by Crippen LogP contribution is -2.48. The van der Waals surface area contributed by atoms with Crippen molar-refractivity contribution in [2.24, 2.45) is 11.7 Å². The van der Waals surface area contributed by atoms with Gasteiger partial charge in [0.2, 0.25) is 5.91 Å². The van der Waals surface area contributed by atoms with E-state index in [-0.39, 0.29) is 11.9 Å². The molecule has 1 aliphatic heterocycles. The number of piperidine rings is 1. The molecule has 4 heteroatoms. The Labute approximate surface area is 105 Å². The van der Waals surface area contributed by atoms with Gasteiger partial charge in [-0.05, 0) is 31.8 Å². The molecule has 2 unspecified atom stereocenters. The molecule has 0 aromatic rings. The van der Waals surface area contributed by atoms with E-state index in [1.54, 1.807) is 0 Å². The summed E-state index contributed by atoms with van der Waals surface area (Å²) in [5, 5.41) is 3.11. The molecule has 1 fully saturated rings. The summed E-state index contributed by atoms with van der Waals surface area (Å²) in [5.41, 5.74) is 5.90. The predicted molar refractivity (Wildman–Crippen MR) is 70.7 cm³/mol. The number of likely N-dealkylation sites (N-methyl/N-ethyl adjacent to an activating group) is 1. The molecular formula is C13H27N3O. The quantitative estimate of drug-likeness (QED) is 0.754. The summed E-state index contributed by atoms with van der Waals surface area (Å²) in [6.45, 7) is 9.49. The second-order valence-corrected chi connectivity index (χ2v) is 5.41. The number of hydrogen-bond acceptors (Lipinski definition) is 3. The summed E-state index contributed by atoms with van der Waals surface area (Å²) in [5.74, 6) is 0.466. The monoisotopic (exact) mass is 241 g/mol. The average molecular weight is 241 g/mol. The zero-order valence-corrected chi connectivity index (χ0v) is 11.4. The highest BCUT2D eigenvalue weighted by Gasteiger charge is 2.21. The first-order valence-corrected chi connectivity index (χ1v) is 6.80. The summed E-state index contributed by atoms with van der Waals surface area (Å²) in [7, 11) is 0. The number of carbonyl (C=O) groups excluding carboxylic acids is 1. The summed E-state index contributed by atoms with van der Waals surface area (Å²) in [6.07, 6.45) is 2.72. The molecule has 1 heterocycles. The molecule has 17 heavy (non-hydrogen) atoms. The third-order valence-corrected chi connectivity index (χ3v) is 3.60. The van der Waals surface area contributed by atoms with Crippen molar-refractivity contribution in [3.05, 3.63) is 0 Å². The fourth-order valence-corrected chi connectivity index (χ4v) is 2.20. The van der Waals surface area contributed by atoms with E-state index in [4.69, 9.17) is 5.73 Å². The Morgan fingerprint density at radius 3 is 2.82 bits per heavy atom. The number of likely N-dealkylation sites (tertiary alicyclic amines) is 1. The van der Waals surface area contributed by atoms with Crippen molar-refractivity contribution in [2.75, 3.05) is 19.6 Å². The normalized spacial score (nSPS) is 23.7. The summed E-state index contributed by atoms with van der Waals surface area (Å²) in [4.78, 5) is 14.2. The first-order chi connectivity index (χ1) is 8.02. The van der Waals surface area contributed by atoms with Crippen molar-refractivity contribution in [3.8, 4) is 0 Å². The minimum absolute atomic E-state index is 0.0270. The molecule has 3 N–H and O–H groups in total. The van der Waals surface area contributed by atoms with Crippen LogP contribution < -0.4 is 11.1 Å². The van der Waals surface area contributed by atoms with Crippen LogP contribution in [-0.4, -0.2) is 42.5 Å². The molecule has 0 spiro atoms. The highest BCUT2D eigenvalue weighted by Crippen LogP contribution is 2.10. The molecule has 0 saturated carbocycles. The molecule has 1 saturated heterocycles. The fraction of sp³-hybridized carbons (Fsp3) is 0.923. The molecule has 4 nitrogen and oxygen atoms in total. The largest absolute Gasteiger partial charge is 0.352 e. The zero-order valence-electron chi connectivity index (χ0n) is 11.4. The second-order valence-electron chi connectivity index (χ2n) is 5.41. The van der Waals surface area contributed by atoms with Gasteiger partial charge >= 0.3 is 0 Å². The Morgan fingerprint density at radius 1 is 1.53 bits per heavy atom. The van der Waals surface area contributed by atoms with E-state index >= 15 is 0 Å². The van der Waals surface area contributed by atoms with E-state index in [2.05, 4.69) is 31.0 Å². The first-order valence-electron chi connectivity index (χ1n) is 6.80. The highest BCUT2D eigenvalue weighted by atomic mass is 16.1. The van der Waals surface area contributed by atoms with E-state index in [1.165, 1.54) is 6.42 Å². The van der Waals surface area contributed by atoms with Crippen molar-refractivity contribution in [2.45, 2.75) is 52.1 Å². The number of nitrogens with one attached hydrogen (secondary N) is 1. The van der Waals surface area contributed by atoms with Crippen LogP contribution in [0.15, 0.2) is 0 Å². The van der Waals surface area contributed by atoms with Crippen molar-refractivity contribution in [1.82, 2.24) is 10.2 Å². The molecule has 0 radical (unpaired) electrons. The van der Waals surface area contributed by atoms with Gasteiger partial charge in [0.1, 0.15) is 0 Å². The van der Waals surface area contributed by atoms with Crippen LogP contribution in [0.3, 0.4) is 0 Å². The maximum absolute atomic E-state index is 11.8. The van der Waals surface area contributed by atoms with Gasteiger partial charge in [-0.1, -0.05) is 20.8 Å². The Hall–Kier alpha value is -0.610. The SMILES string of the molecule is CCN1CCCC(NC(=O)CC(N)C(C)C)C1. The van der Waals surface area contributed by atoms with Gasteiger partial charge in [0.05, 0.1) is 0 Å². The maximum Gasteiger partial charge on any atom is 0.221 e. The van der Waals surface area contributed by atoms with Crippen LogP contribution in [0, 0.1) is 5.92 Å². The van der Waals surface area contributed by atoms with Crippen molar-refractivity contribution in [1.29, 1.82) is 0 Å². The minimum atomic E-state index is -0.0270. The number of amides is 1. The molecule has 0 aromatic carbocycles. The van der Waals surface area contributed by atoms with E-state index in [0.29, 0.717) is 18.4 Å². The molecule has 1 aliphatic rings. The Balaban J connectivity index is 2.30. The third kappa shape index (κ3) is 5.04. The van der Waals surface area contributed by atoms with Crippen LogP contribution in [0.2, 0.25) is 0 Å². The third-order valence-electron chi connectivity index (χ3n) is 3.60. The van der Waals surface area contributed by atoms with Crippen molar-refractivity contribution in [3.63, 3.8) is 0 Å². The van der Waals surface area contributed by atoms with Crippen LogP contribution in [-0.2, 0) is 4.79 Å². The Kier molecular flexibility index (Phi) is 5.92. The van der Waals surface area contributed by atoms with Gasteiger partial charge in [-0.2, -0.15) is 0 Å². The molecule has 100 valence electrons. The molecule has 1 amide bonds. The zero-order chi connectivity index (χ0) is 12.8. The number of hydrogen-bond donors (Lipinski definition) is 2. The van der Waals surface area contributed by atoms with E-state index in [0.717, 1.165) is 26.1 Å². The maximum atomic E-state index is 11.8. The molecule has 0 aromatic heterocycles. The smallest absolute Gasteiger partial charge is 0.221 e. The lowest BCUT2D eigenvalue weighted by atomic mass is 10.0. The first kappa shape index (κ1) is 14.5. The highest BCUT2D eigenvalue weighted by molar-refractivity contribution is 5.76. The van der Waals surface area contributed by atoms with Crippen LogP contribution >= 0.6 is 0 Å². The van der Waals surface area contributed by atoms with E-state index < -0.39 is 0 Å². The molecule has 0 bridgehead atoms. The molecular weight excluding hydrogens is 214 g/mol. The van der Waals surface area contributed by atoms with E-state index in [1.807, 2.05) is 0 Å². The topological polar surface area (TPSA) is 58.4 Å². The number of carbonyl (C=O) groups is 1. The second kappa shape index (κ2) is 6.97. The van der Waals surface area contributed by atoms with Gasteiger partial charge in [0, 0.05) is 25.0 Å². The van der Waals surface area contributed by atoms with Gasteiger partial charge < -0.3 is 16.0 Å². The van der Waals surface area contributed by atoms with Gasteiger partial charge in [0.25, 0.3) is 0 Å². The predicted octanol–water partition coefficient (Wildman–Crippen LogP) is 0.960. The summed E-state index contributed by atoms with van der Waals surface area (Å²) < 4.78 is 0. The lowest BCUT2D eigenvalue weighted by Gasteiger charge is -2.32. The van der Waals surface area contributed by atoms with Gasteiger partial charge in [-0.25, -0.2) is 0 Å². The van der Waals surface area contributed by atoms with E-state index in [9.17, 15) is 4.79 Å². The molecule has 1 rings (SSSR count). The number of nitrogens with two attached hydrogens (primary N) is 1. The van der Waals surface area contributed by atoms with Crippen molar-refractivity contribution < 1.29 is 4.79 Å². The average Bonchev–Trinajstić information content (AvgIpc) is 2.28. The van der Waals surface area contributed by atoms with Crippen molar-refractivity contribution >= 4 is 5.91 Å². The lowest BCUT2D eigenvalue weighted by molar-refractivity contribution is -0.122.